The summed E-state index contributed by atoms with van der Waals surface area (Å²) in [5.74, 6) is 7.66. The van der Waals surface area contributed by atoms with Gasteiger partial charge in [0.25, 0.3) is 0 Å². The summed E-state index contributed by atoms with van der Waals surface area (Å²) in [5.41, 5.74) is 3.27. The van der Waals surface area contributed by atoms with Gasteiger partial charge < -0.3 is 20.5 Å². The monoisotopic (exact) mass is 453 g/mol. The zero-order chi connectivity index (χ0) is 23.9. The number of hydrogen-bond acceptors (Lipinski definition) is 7. The molecule has 3 N–H and O–H groups in total. The molecular formula is C26H23N5O3. The second-order valence-electron chi connectivity index (χ2n) is 7.56. The number of aliphatic hydroxyl groups is 1. The Labute approximate surface area is 197 Å². The molecule has 1 amide bonds. The van der Waals surface area contributed by atoms with Crippen molar-refractivity contribution < 1.29 is 14.6 Å². The fourth-order valence-corrected chi connectivity index (χ4v) is 3.29. The Morgan fingerprint density at radius 1 is 1.18 bits per heavy atom. The van der Waals surface area contributed by atoms with Crippen molar-refractivity contribution >= 4 is 28.3 Å². The minimum atomic E-state index is -0.631. The highest BCUT2D eigenvalue weighted by molar-refractivity contribution is 5.91. The molecule has 0 spiro atoms. The van der Waals surface area contributed by atoms with Crippen LogP contribution in [0.4, 0.5) is 11.5 Å². The number of benzene rings is 2. The van der Waals surface area contributed by atoms with Crippen LogP contribution >= 0.6 is 0 Å². The predicted octanol–water partition coefficient (Wildman–Crippen LogP) is 3.72. The van der Waals surface area contributed by atoms with Gasteiger partial charge in [-0.25, -0.2) is 9.97 Å². The van der Waals surface area contributed by atoms with Crippen LogP contribution in [0, 0.1) is 18.8 Å². The summed E-state index contributed by atoms with van der Waals surface area (Å²) in [5, 5.41) is 16.1. The summed E-state index contributed by atoms with van der Waals surface area (Å²) >= 11 is 0. The number of carbonyl (C=O) groups excluding carboxylic acids is 1. The van der Waals surface area contributed by atoms with Gasteiger partial charge in [-0.15, -0.1) is 0 Å². The molecule has 2 aromatic heterocycles. The zero-order valence-electron chi connectivity index (χ0n) is 18.7. The highest BCUT2D eigenvalue weighted by Crippen LogP contribution is 2.29. The Balaban J connectivity index is 1.58. The van der Waals surface area contributed by atoms with Gasteiger partial charge in [0.2, 0.25) is 5.91 Å². The Kier molecular flexibility index (Phi) is 6.96. The first kappa shape index (κ1) is 22.7. The van der Waals surface area contributed by atoms with Crippen LogP contribution < -0.4 is 15.4 Å². The van der Waals surface area contributed by atoms with Gasteiger partial charge >= 0.3 is 0 Å². The number of carbonyl (C=O) groups is 1. The van der Waals surface area contributed by atoms with Gasteiger partial charge in [-0.1, -0.05) is 11.8 Å². The molecule has 1 unspecified atom stereocenters. The van der Waals surface area contributed by atoms with Crippen LogP contribution in [0.5, 0.6) is 11.5 Å². The molecule has 0 aliphatic carbocycles. The van der Waals surface area contributed by atoms with E-state index in [4.69, 9.17) is 4.74 Å². The van der Waals surface area contributed by atoms with Crippen molar-refractivity contribution in [1.29, 1.82) is 0 Å². The molecule has 8 heteroatoms. The summed E-state index contributed by atoms with van der Waals surface area (Å²) in [7, 11) is 0. The lowest BCUT2D eigenvalue weighted by atomic mass is 10.1. The Hall–Kier alpha value is -4.48. The zero-order valence-corrected chi connectivity index (χ0v) is 18.7. The summed E-state index contributed by atoms with van der Waals surface area (Å²) < 4.78 is 5.90. The van der Waals surface area contributed by atoms with E-state index in [-0.39, 0.29) is 12.5 Å². The van der Waals surface area contributed by atoms with Crippen LogP contribution in [0.25, 0.3) is 10.9 Å². The topological polar surface area (TPSA) is 109 Å². The van der Waals surface area contributed by atoms with Crippen LogP contribution in [0.2, 0.25) is 0 Å². The van der Waals surface area contributed by atoms with E-state index >= 15 is 0 Å². The lowest BCUT2D eigenvalue weighted by molar-refractivity contribution is -0.119. The molecule has 1 atom stereocenters. The summed E-state index contributed by atoms with van der Waals surface area (Å²) in [4.78, 5) is 24.0. The second kappa shape index (κ2) is 10.4. The van der Waals surface area contributed by atoms with Crippen molar-refractivity contribution in [2.24, 2.45) is 0 Å². The number of aryl methyl sites for hydroxylation is 1. The number of ether oxygens (including phenoxy) is 1. The largest absolute Gasteiger partial charge is 0.455 e. The summed E-state index contributed by atoms with van der Waals surface area (Å²) in [6.45, 7) is 3.08. The average Bonchev–Trinajstić information content (AvgIpc) is 2.84. The number of rotatable bonds is 6. The van der Waals surface area contributed by atoms with Gasteiger partial charge in [-0.2, -0.15) is 0 Å². The molecule has 0 aliphatic rings. The maximum atomic E-state index is 11.2. The maximum absolute atomic E-state index is 11.2. The van der Waals surface area contributed by atoms with Gasteiger partial charge in [-0.05, 0) is 61.0 Å². The quantitative estimate of drug-likeness (QED) is 0.382. The Morgan fingerprint density at radius 3 is 2.79 bits per heavy atom. The third-order valence-corrected chi connectivity index (χ3v) is 4.89. The van der Waals surface area contributed by atoms with Crippen LogP contribution in [-0.2, 0) is 4.79 Å². The number of aromatic nitrogens is 3. The lowest BCUT2D eigenvalue weighted by Gasteiger charge is -2.12. The first-order valence-electron chi connectivity index (χ1n) is 10.6. The van der Waals surface area contributed by atoms with Crippen LogP contribution in [0.3, 0.4) is 0 Å². The molecule has 0 bridgehead atoms. The van der Waals surface area contributed by atoms with Crippen molar-refractivity contribution in [2.45, 2.75) is 19.9 Å². The van der Waals surface area contributed by atoms with E-state index in [1.807, 2.05) is 55.5 Å². The number of aliphatic hydroxyl groups excluding tert-OH is 1. The fourth-order valence-electron chi connectivity index (χ4n) is 3.29. The predicted molar refractivity (Wildman–Crippen MR) is 130 cm³/mol. The van der Waals surface area contributed by atoms with E-state index in [0.29, 0.717) is 17.1 Å². The molecule has 4 rings (SSSR count). The Bertz CT molecular complexity index is 1380. The smallest absolute Gasteiger partial charge is 0.217 e. The van der Waals surface area contributed by atoms with Crippen molar-refractivity contribution in [3.63, 3.8) is 0 Å². The number of fused-ring (bicyclic) bond motifs is 1. The molecule has 8 nitrogen and oxygen atoms in total. The second-order valence-corrected chi connectivity index (χ2v) is 7.56. The molecule has 2 heterocycles. The number of nitrogens with zero attached hydrogens (tertiary/aromatic N) is 3. The number of hydrogen-bond donors (Lipinski definition) is 3. The average molecular weight is 454 g/mol. The van der Waals surface area contributed by atoms with E-state index in [1.165, 1.54) is 13.3 Å². The molecule has 0 aliphatic heterocycles. The van der Waals surface area contributed by atoms with Gasteiger partial charge in [0.15, 0.2) is 0 Å². The van der Waals surface area contributed by atoms with Crippen molar-refractivity contribution in [1.82, 2.24) is 20.3 Å². The molecule has 2 aromatic carbocycles. The number of anilines is 2. The van der Waals surface area contributed by atoms with Gasteiger partial charge in [0.05, 0.1) is 18.3 Å². The van der Waals surface area contributed by atoms with Crippen molar-refractivity contribution in [3.05, 3.63) is 78.4 Å². The molecule has 0 saturated carbocycles. The lowest BCUT2D eigenvalue weighted by Crippen LogP contribution is -2.34. The third kappa shape index (κ3) is 5.65. The van der Waals surface area contributed by atoms with E-state index in [2.05, 4.69) is 37.4 Å². The summed E-state index contributed by atoms with van der Waals surface area (Å²) in [6.07, 6.45) is 4.86. The standard InChI is InChI=1S/C26H23N5O3/c1-17-12-20(8-10-25(17)34-22-4-3-11-27-14-22)31-26-23-13-19(6-9-24(23)28-16-29-26)5-7-21(15-32)30-18(2)33/h3-4,6,8-14,16,21,32H,15H2,1-2H3,(H,30,33)(H,28,29,31). The van der Waals surface area contributed by atoms with Crippen LogP contribution in [0.1, 0.15) is 18.1 Å². The van der Waals surface area contributed by atoms with Crippen LogP contribution in [0.15, 0.2) is 67.3 Å². The van der Waals surface area contributed by atoms with Crippen molar-refractivity contribution in [3.8, 4) is 23.3 Å². The highest BCUT2D eigenvalue weighted by Gasteiger charge is 2.08. The number of amides is 1. The Morgan fingerprint density at radius 2 is 2.06 bits per heavy atom. The molecule has 170 valence electrons. The van der Waals surface area contributed by atoms with E-state index in [1.54, 1.807) is 12.4 Å². The molecule has 0 saturated heterocycles. The first-order valence-corrected chi connectivity index (χ1v) is 10.6. The van der Waals surface area contributed by atoms with E-state index < -0.39 is 6.04 Å². The van der Waals surface area contributed by atoms with Gasteiger partial charge in [-0.3, -0.25) is 9.78 Å². The molecule has 0 radical (unpaired) electrons. The van der Waals surface area contributed by atoms with Crippen molar-refractivity contribution in [2.75, 3.05) is 11.9 Å². The minimum Gasteiger partial charge on any atom is -0.455 e. The molecule has 4 aromatic rings. The molecule has 0 fully saturated rings. The highest BCUT2D eigenvalue weighted by atomic mass is 16.5. The molecular weight excluding hydrogens is 430 g/mol. The van der Waals surface area contributed by atoms with E-state index in [0.717, 1.165) is 27.9 Å². The van der Waals surface area contributed by atoms with Crippen LogP contribution in [-0.4, -0.2) is 38.6 Å². The molecule has 34 heavy (non-hydrogen) atoms. The van der Waals surface area contributed by atoms with Gasteiger partial charge in [0, 0.05) is 29.8 Å². The van der Waals surface area contributed by atoms with Gasteiger partial charge in [0.1, 0.15) is 29.7 Å². The normalized spacial score (nSPS) is 11.3. The number of nitrogens with one attached hydrogen (secondary N) is 2. The first-order chi connectivity index (χ1) is 16.5. The SMILES string of the molecule is CC(=O)NC(C#Cc1ccc2ncnc(Nc3ccc(Oc4cccnc4)c(C)c3)c2c1)CO. The number of pyridine rings is 1. The summed E-state index contributed by atoms with van der Waals surface area (Å²) in [6, 6.07) is 14.4. The minimum absolute atomic E-state index is 0.251. The third-order valence-electron chi connectivity index (χ3n) is 4.89. The van der Waals surface area contributed by atoms with E-state index in [9.17, 15) is 9.90 Å². The maximum Gasteiger partial charge on any atom is 0.217 e. The fraction of sp³-hybridized carbons (Fsp3) is 0.154.